The predicted octanol–water partition coefficient (Wildman–Crippen LogP) is 1.41. The number of benzene rings is 2. The molecule has 0 saturated heterocycles. The molecular formula is C50H69Cl2Cs2FN6O15. The van der Waals surface area contributed by atoms with E-state index in [9.17, 15) is 33.2 Å². The van der Waals surface area contributed by atoms with E-state index in [0.29, 0.717) is 6.54 Å². The van der Waals surface area contributed by atoms with Crippen LogP contribution >= 0.6 is 24.0 Å². The summed E-state index contributed by atoms with van der Waals surface area (Å²) in [6.07, 6.45) is 15.1. The first-order valence-corrected chi connectivity index (χ1v) is 22.4. The Labute approximate surface area is 575 Å². The second-order valence-electron chi connectivity index (χ2n) is 18.2. The Morgan fingerprint density at radius 1 is 0.711 bits per heavy atom. The Bertz CT molecular complexity index is 2360. The van der Waals surface area contributed by atoms with Crippen molar-refractivity contribution in [2.24, 2.45) is 10.8 Å². The Morgan fingerprint density at radius 3 is 1.39 bits per heavy atom. The van der Waals surface area contributed by atoms with E-state index in [0.717, 1.165) is 34.9 Å². The average Bonchev–Trinajstić information content (AvgIpc) is 4.05. The molecule has 76 heavy (non-hydrogen) atoms. The number of carbonyl (C=O) groups is 7. The van der Waals surface area contributed by atoms with Crippen molar-refractivity contribution in [2.75, 3.05) is 33.1 Å². The maximum atomic E-state index is 12.2. The first-order valence-electron chi connectivity index (χ1n) is 22.6. The van der Waals surface area contributed by atoms with Gasteiger partial charge in [-0.3, -0.25) is 18.8 Å². The van der Waals surface area contributed by atoms with Crippen LogP contribution in [0, 0.1) is 10.8 Å². The number of hydrogen-bond donors (Lipinski definition) is 3. The number of nitrogens with zero attached hydrogens (tertiary/aromatic N) is 4. The van der Waals surface area contributed by atoms with Crippen molar-refractivity contribution < 1.29 is 217 Å². The Hall–Kier alpha value is -3.20. The number of carboxylic acid groups (broad SMARTS) is 1. The molecule has 3 N–H and O–H groups in total. The van der Waals surface area contributed by atoms with Crippen molar-refractivity contribution in [3.05, 3.63) is 120 Å². The molecule has 0 bridgehead atoms. The zero-order valence-corrected chi connectivity index (χ0v) is 59.2. The van der Waals surface area contributed by atoms with Gasteiger partial charge in [0.05, 0.1) is 32.0 Å². The van der Waals surface area contributed by atoms with Gasteiger partial charge in [0.15, 0.2) is 6.07 Å². The number of hydrogen-bond acceptors (Lipinski definition) is 16. The largest absolute Gasteiger partial charge is 1.00 e. The van der Waals surface area contributed by atoms with Crippen LogP contribution in [0.4, 0.5) is 14.0 Å². The van der Waals surface area contributed by atoms with Crippen molar-refractivity contribution in [3.63, 3.8) is 0 Å². The van der Waals surface area contributed by atoms with Gasteiger partial charge in [-0.25, -0.2) is 29.1 Å². The SMILES string of the molecule is CC(C)(C)OC(=O)NCC(C)(C)C(=O)OCCl.CC(C)(C)OC(=O)NCC(C)(C)C(=O)OCOC(=O)/C=C/c1ccc(Cn2ccnc2)cc1.Cl.O=C(O)/C=C/c1ccc(Cn2ccnc2)cc1.O=CO[O-].[2H]CF.[Cs+].[Cs+].[H-]. The molecule has 2 amide bonds. The van der Waals surface area contributed by atoms with Gasteiger partial charge in [-0.2, -0.15) is 0 Å². The van der Waals surface area contributed by atoms with E-state index in [1.54, 1.807) is 106 Å². The average molecular weight is 1350 g/mol. The van der Waals surface area contributed by atoms with Crippen LogP contribution in [0.2, 0.25) is 0 Å². The summed E-state index contributed by atoms with van der Waals surface area (Å²) in [5.74, 6) is -2.67. The van der Waals surface area contributed by atoms with Gasteiger partial charge in [0.1, 0.15) is 11.2 Å². The predicted molar refractivity (Wildman–Crippen MR) is 274 cm³/mol. The fraction of sp³-hybridized carbons (Fsp3) is 0.420. The van der Waals surface area contributed by atoms with E-state index in [-0.39, 0.29) is 177 Å². The van der Waals surface area contributed by atoms with E-state index in [1.807, 2.05) is 70.1 Å². The Balaban J connectivity index is -0.000000336. The number of amides is 2. The molecule has 2 aromatic carbocycles. The minimum atomic E-state index is -1.03. The number of aromatic nitrogens is 4. The molecule has 0 aliphatic heterocycles. The summed E-state index contributed by atoms with van der Waals surface area (Å²) in [6, 6.07) is 15.2. The van der Waals surface area contributed by atoms with Crippen LogP contribution < -0.4 is 154 Å². The minimum Gasteiger partial charge on any atom is -1.00 e. The molecule has 0 spiro atoms. The normalized spacial score (nSPS) is 10.7. The number of halogens is 3. The quantitative estimate of drug-likeness (QED) is 0.0186. The van der Waals surface area contributed by atoms with Gasteiger partial charge in [-0.15, -0.1) is 12.4 Å². The third-order valence-corrected chi connectivity index (χ3v) is 8.62. The molecule has 0 aliphatic rings. The van der Waals surface area contributed by atoms with Gasteiger partial charge in [0.25, 0.3) is 6.47 Å². The maximum absolute atomic E-state index is 12.2. The molecule has 0 atom stereocenters. The summed E-state index contributed by atoms with van der Waals surface area (Å²) < 4.78 is 44.2. The van der Waals surface area contributed by atoms with Crippen LogP contribution in [0.1, 0.15) is 94.3 Å². The molecule has 4 aromatic rings. The standard InChI is InChI=1S/C24H31N3O6.C13H12N2O2.C11H20ClNO4.CH3F.CH2O3.ClH.2Cs.H/c1-23(2,3)33-22(30)26-15-24(4,5)21(29)32-17-31-20(28)11-10-18-6-8-19(9-7-18)14-27-13-12-25-16-27;16-13(17)6-5-11-1-3-12(4-2-11)9-15-8-7-14-10-15;1-10(2,3)17-9(15)13-6-11(4,5)8(14)16-7-12;1-2;2-1-4-3;;;;/h6-13,16H,14-15,17H2,1-5H3,(H,26,30);1-8,10H,9H2,(H,16,17);6-7H2,1-5H3,(H,13,15);1H3;1,3H;1H;;;/q;;;;;;2*+1;-1/p-1/b11-10+;6-5+;;;;;;;/i;;;1D;;;;;. The number of aliphatic carboxylic acids is 1. The van der Waals surface area contributed by atoms with Crippen molar-refractivity contribution in [3.8, 4) is 0 Å². The van der Waals surface area contributed by atoms with Crippen molar-refractivity contribution >= 4 is 78.7 Å². The molecule has 21 nitrogen and oxygen atoms in total. The fourth-order valence-electron chi connectivity index (χ4n) is 4.97. The number of alkyl carbamates (subject to hydrolysis) is 2. The molecule has 0 saturated carbocycles. The van der Waals surface area contributed by atoms with E-state index >= 15 is 0 Å². The van der Waals surface area contributed by atoms with E-state index in [4.69, 9.17) is 47.1 Å². The van der Waals surface area contributed by atoms with Crippen LogP contribution in [0.3, 0.4) is 0 Å². The number of esters is 3. The van der Waals surface area contributed by atoms with Gasteiger partial charge in [0.2, 0.25) is 6.79 Å². The molecule has 4 rings (SSSR count). The number of alkyl halides is 2. The third-order valence-electron chi connectivity index (χ3n) is 8.51. The van der Waals surface area contributed by atoms with Crippen LogP contribution in [0.25, 0.3) is 12.2 Å². The first kappa shape index (κ1) is 77.0. The van der Waals surface area contributed by atoms with Crippen LogP contribution in [0.15, 0.2) is 98.1 Å². The van der Waals surface area contributed by atoms with Gasteiger partial charge in [0, 0.05) is 63.1 Å². The summed E-state index contributed by atoms with van der Waals surface area (Å²) >= 11 is 5.30. The van der Waals surface area contributed by atoms with Gasteiger partial charge >= 0.3 is 174 Å². The Morgan fingerprint density at radius 2 is 1.08 bits per heavy atom. The summed E-state index contributed by atoms with van der Waals surface area (Å²) in [5, 5.41) is 22.0. The van der Waals surface area contributed by atoms with Gasteiger partial charge < -0.3 is 60.1 Å². The summed E-state index contributed by atoms with van der Waals surface area (Å²) in [4.78, 5) is 88.3. The topological polar surface area (TPSA) is 278 Å². The number of nitrogens with one attached hydrogen (secondary N) is 2. The number of carbonyl (C=O) groups excluding carboxylic acids is 6. The van der Waals surface area contributed by atoms with E-state index in [2.05, 4.69) is 30.2 Å². The van der Waals surface area contributed by atoms with Crippen LogP contribution in [0.5, 0.6) is 0 Å². The summed E-state index contributed by atoms with van der Waals surface area (Å²) in [5.41, 5.74) is 0.876. The zero-order chi connectivity index (χ0) is 56.4. The Kier molecular flexibility index (Phi) is 43.3. The molecule has 2 heterocycles. The molecular weight excluding hydrogens is 1280 g/mol. The third kappa shape index (κ3) is 40.1. The van der Waals surface area contributed by atoms with Crippen molar-refractivity contribution in [1.82, 2.24) is 29.7 Å². The second kappa shape index (κ2) is 42.7. The molecule has 0 radical (unpaired) electrons. The smallest absolute Gasteiger partial charge is 1.00 e. The fourth-order valence-corrected chi connectivity index (χ4v) is 5.07. The second-order valence-corrected chi connectivity index (χ2v) is 18.4. The van der Waals surface area contributed by atoms with Crippen LogP contribution in [-0.2, 0) is 65.6 Å². The monoisotopic (exact) mass is 1350 g/mol. The van der Waals surface area contributed by atoms with Gasteiger partial charge in [-0.1, -0.05) is 60.1 Å². The number of rotatable bonds is 18. The van der Waals surface area contributed by atoms with Crippen molar-refractivity contribution in [2.45, 2.75) is 93.5 Å². The maximum Gasteiger partial charge on any atom is 1.00 e. The van der Waals surface area contributed by atoms with Crippen molar-refractivity contribution in [1.29, 1.82) is 0 Å². The van der Waals surface area contributed by atoms with Gasteiger partial charge in [-0.05, 0) is 104 Å². The minimum absolute atomic E-state index is 0. The first-order chi connectivity index (χ1) is 34.6. The van der Waals surface area contributed by atoms with Crippen LogP contribution in [-0.4, -0.2) is 111 Å². The summed E-state index contributed by atoms with van der Waals surface area (Å²) in [7, 11) is -1.00. The number of ether oxygens (including phenoxy) is 5. The summed E-state index contributed by atoms with van der Waals surface area (Å²) in [6.45, 7) is 17.9. The number of imidazole rings is 2. The molecule has 26 heteroatoms. The zero-order valence-electron chi connectivity index (χ0n) is 47.0. The van der Waals surface area contributed by atoms with E-state index < -0.39 is 72.0 Å². The molecule has 412 valence electrons. The molecule has 0 fully saturated rings. The number of carboxylic acids is 1. The molecule has 0 unspecified atom stereocenters. The van der Waals surface area contributed by atoms with E-state index in [1.165, 1.54) is 6.08 Å². The molecule has 2 aromatic heterocycles. The molecule has 0 aliphatic carbocycles.